The van der Waals surface area contributed by atoms with Crippen molar-refractivity contribution in [1.82, 2.24) is 9.78 Å². The van der Waals surface area contributed by atoms with Crippen molar-refractivity contribution < 1.29 is 9.50 Å². The molecule has 0 aliphatic heterocycles. The maximum atomic E-state index is 13.2. The van der Waals surface area contributed by atoms with Crippen molar-refractivity contribution in [2.45, 2.75) is 29.9 Å². The van der Waals surface area contributed by atoms with Crippen molar-refractivity contribution in [2.24, 2.45) is 0 Å². The lowest BCUT2D eigenvalue weighted by Crippen LogP contribution is -2.01. The van der Waals surface area contributed by atoms with Crippen LogP contribution in [0.2, 0.25) is 0 Å². The highest BCUT2D eigenvalue weighted by atomic mass is 32.2. The van der Waals surface area contributed by atoms with Crippen LogP contribution in [-0.4, -0.2) is 14.9 Å². The summed E-state index contributed by atoms with van der Waals surface area (Å²) in [5.41, 5.74) is 4.56. The van der Waals surface area contributed by atoms with Crippen LogP contribution in [0.15, 0.2) is 53.4 Å². The molecule has 0 spiro atoms. The van der Waals surface area contributed by atoms with E-state index < -0.39 is 0 Å². The number of hydrogen-bond acceptors (Lipinski definition) is 3. The molecule has 24 heavy (non-hydrogen) atoms. The molecule has 0 atom stereocenters. The molecule has 3 aromatic rings. The van der Waals surface area contributed by atoms with Crippen molar-refractivity contribution in [2.75, 3.05) is 0 Å². The molecule has 0 saturated heterocycles. The van der Waals surface area contributed by atoms with Gasteiger partial charge in [-0.25, -0.2) is 9.07 Å². The number of phenols is 1. The van der Waals surface area contributed by atoms with Gasteiger partial charge in [0.2, 0.25) is 0 Å². The molecule has 5 heteroatoms. The van der Waals surface area contributed by atoms with Gasteiger partial charge in [0.25, 0.3) is 0 Å². The zero-order valence-corrected chi connectivity index (χ0v) is 13.9. The normalized spacial score (nSPS) is 13.2. The van der Waals surface area contributed by atoms with E-state index in [0.717, 1.165) is 41.3 Å². The third-order valence-corrected chi connectivity index (χ3v) is 5.28. The molecule has 2 aromatic carbocycles. The molecule has 1 aliphatic rings. The smallest absolute Gasteiger partial charge is 0.123 e. The van der Waals surface area contributed by atoms with E-state index in [-0.39, 0.29) is 11.6 Å². The molecule has 4 rings (SSSR count). The van der Waals surface area contributed by atoms with Gasteiger partial charge in [-0.2, -0.15) is 5.10 Å². The average Bonchev–Trinajstić information content (AvgIpc) is 3.17. The van der Waals surface area contributed by atoms with E-state index in [1.54, 1.807) is 36.0 Å². The van der Waals surface area contributed by atoms with Gasteiger partial charge in [0.1, 0.15) is 11.6 Å². The second-order valence-electron chi connectivity index (χ2n) is 5.90. The van der Waals surface area contributed by atoms with E-state index in [1.165, 1.54) is 23.4 Å². The van der Waals surface area contributed by atoms with Gasteiger partial charge in [0, 0.05) is 16.3 Å². The number of halogens is 1. The van der Waals surface area contributed by atoms with Gasteiger partial charge in [0.15, 0.2) is 0 Å². The SMILES string of the molecule is Oc1cccc(SCc2nn(-c3ccc(F)cc3)c3c2CCC3)c1. The largest absolute Gasteiger partial charge is 0.508 e. The fourth-order valence-corrected chi connectivity index (χ4v) is 4.06. The molecule has 0 fully saturated rings. The van der Waals surface area contributed by atoms with Gasteiger partial charge in [0.05, 0.1) is 11.4 Å². The molecule has 1 aromatic heterocycles. The van der Waals surface area contributed by atoms with Crippen LogP contribution in [-0.2, 0) is 18.6 Å². The first kappa shape index (κ1) is 15.3. The zero-order chi connectivity index (χ0) is 16.5. The van der Waals surface area contributed by atoms with Gasteiger partial charge < -0.3 is 5.11 Å². The van der Waals surface area contributed by atoms with Crippen molar-refractivity contribution >= 4 is 11.8 Å². The lowest BCUT2D eigenvalue weighted by Gasteiger charge is -2.05. The van der Waals surface area contributed by atoms with Gasteiger partial charge in [-0.3, -0.25) is 0 Å². The molecular weight excluding hydrogens is 323 g/mol. The van der Waals surface area contributed by atoms with Gasteiger partial charge in [-0.15, -0.1) is 11.8 Å². The number of phenolic OH excluding ortho intramolecular Hbond substituents is 1. The number of hydrogen-bond donors (Lipinski definition) is 1. The summed E-state index contributed by atoms with van der Waals surface area (Å²) < 4.78 is 15.1. The Labute approximate surface area is 144 Å². The first-order valence-electron chi connectivity index (χ1n) is 7.98. The molecule has 0 saturated carbocycles. The van der Waals surface area contributed by atoms with Crippen LogP contribution in [0.5, 0.6) is 5.75 Å². The summed E-state index contributed by atoms with van der Waals surface area (Å²) in [4.78, 5) is 1.03. The van der Waals surface area contributed by atoms with E-state index in [0.29, 0.717) is 0 Å². The summed E-state index contributed by atoms with van der Waals surface area (Å²) in [6.07, 6.45) is 3.20. The molecule has 1 heterocycles. The van der Waals surface area contributed by atoms with Crippen LogP contribution in [0.4, 0.5) is 4.39 Å². The second kappa shape index (κ2) is 6.32. The monoisotopic (exact) mass is 340 g/mol. The Kier molecular flexibility index (Phi) is 4.02. The highest BCUT2D eigenvalue weighted by Crippen LogP contribution is 2.32. The zero-order valence-electron chi connectivity index (χ0n) is 13.1. The molecule has 122 valence electrons. The Hall–Kier alpha value is -2.27. The van der Waals surface area contributed by atoms with E-state index >= 15 is 0 Å². The highest BCUT2D eigenvalue weighted by Gasteiger charge is 2.23. The molecule has 1 N–H and O–H groups in total. The minimum Gasteiger partial charge on any atom is -0.508 e. The van der Waals surface area contributed by atoms with Crippen LogP contribution in [0.3, 0.4) is 0 Å². The molecule has 0 amide bonds. The Bertz CT molecular complexity index is 874. The van der Waals surface area contributed by atoms with Crippen molar-refractivity contribution in [3.05, 3.63) is 71.3 Å². The fraction of sp³-hybridized carbons (Fsp3) is 0.211. The van der Waals surface area contributed by atoms with Gasteiger partial charge in [-0.05, 0) is 67.3 Å². The van der Waals surface area contributed by atoms with Gasteiger partial charge in [-0.1, -0.05) is 6.07 Å². The maximum Gasteiger partial charge on any atom is 0.123 e. The molecule has 0 bridgehead atoms. The first-order valence-corrected chi connectivity index (χ1v) is 8.97. The summed E-state index contributed by atoms with van der Waals surface area (Å²) in [7, 11) is 0. The number of aromatic hydroxyl groups is 1. The van der Waals surface area contributed by atoms with E-state index in [4.69, 9.17) is 5.10 Å². The summed E-state index contributed by atoms with van der Waals surface area (Å²) in [5, 5.41) is 14.4. The van der Waals surface area contributed by atoms with Gasteiger partial charge >= 0.3 is 0 Å². The minimum absolute atomic E-state index is 0.234. The molecule has 1 aliphatic carbocycles. The maximum absolute atomic E-state index is 13.2. The van der Waals surface area contributed by atoms with Crippen LogP contribution < -0.4 is 0 Å². The first-order chi connectivity index (χ1) is 11.7. The summed E-state index contributed by atoms with van der Waals surface area (Å²) in [6, 6.07) is 13.8. The van der Waals surface area contributed by atoms with E-state index in [9.17, 15) is 9.50 Å². The predicted octanol–water partition coefficient (Wildman–Crippen LogP) is 4.50. The number of thioether (sulfide) groups is 1. The predicted molar refractivity (Wildman–Crippen MR) is 93.2 cm³/mol. The van der Waals surface area contributed by atoms with Crippen molar-refractivity contribution in [1.29, 1.82) is 0 Å². The molecular formula is C19H17FN2OS. The average molecular weight is 340 g/mol. The fourth-order valence-electron chi connectivity index (χ4n) is 3.15. The minimum atomic E-state index is -0.234. The quantitative estimate of drug-likeness (QED) is 0.711. The van der Waals surface area contributed by atoms with E-state index in [2.05, 4.69) is 0 Å². The Morgan fingerprint density at radius 2 is 1.96 bits per heavy atom. The third kappa shape index (κ3) is 2.91. The lowest BCUT2D eigenvalue weighted by atomic mass is 10.2. The Morgan fingerprint density at radius 1 is 1.12 bits per heavy atom. The lowest BCUT2D eigenvalue weighted by molar-refractivity contribution is 0.474. The molecule has 0 unspecified atom stereocenters. The number of fused-ring (bicyclic) bond motifs is 1. The second-order valence-corrected chi connectivity index (χ2v) is 6.95. The third-order valence-electron chi connectivity index (χ3n) is 4.28. The number of nitrogens with zero attached hydrogens (tertiary/aromatic N) is 2. The highest BCUT2D eigenvalue weighted by molar-refractivity contribution is 7.98. The van der Waals surface area contributed by atoms with Crippen molar-refractivity contribution in [3.8, 4) is 11.4 Å². The number of aromatic nitrogens is 2. The van der Waals surface area contributed by atoms with Crippen molar-refractivity contribution in [3.63, 3.8) is 0 Å². The Balaban J connectivity index is 1.62. The molecule has 0 radical (unpaired) electrons. The van der Waals surface area contributed by atoms with Crippen LogP contribution in [0.25, 0.3) is 5.69 Å². The van der Waals surface area contributed by atoms with E-state index in [1.807, 2.05) is 16.8 Å². The molecule has 3 nitrogen and oxygen atoms in total. The number of rotatable bonds is 4. The summed E-state index contributed by atoms with van der Waals surface area (Å²) >= 11 is 1.67. The van der Waals surface area contributed by atoms with Crippen LogP contribution >= 0.6 is 11.8 Å². The number of benzene rings is 2. The standard InChI is InChI=1S/C19H17FN2OS/c20-13-7-9-14(10-8-13)22-19-6-2-5-17(19)18(21-22)12-24-16-4-1-3-15(23)11-16/h1,3-4,7-11,23H,2,5-6,12H2. The topological polar surface area (TPSA) is 38.1 Å². The van der Waals surface area contributed by atoms with Crippen LogP contribution in [0, 0.1) is 5.82 Å². The summed E-state index contributed by atoms with van der Waals surface area (Å²) in [5.74, 6) is 0.810. The summed E-state index contributed by atoms with van der Waals surface area (Å²) in [6.45, 7) is 0. The Morgan fingerprint density at radius 3 is 2.75 bits per heavy atom. The van der Waals surface area contributed by atoms with Crippen LogP contribution in [0.1, 0.15) is 23.4 Å².